The number of hydrogen-bond donors (Lipinski definition) is 1. The number of methoxy groups -OCH3 is 1. The van der Waals surface area contributed by atoms with E-state index in [0.29, 0.717) is 6.04 Å². The van der Waals surface area contributed by atoms with Crippen LogP contribution in [0.5, 0.6) is 11.5 Å². The molecule has 1 aromatic rings. The third-order valence-electron chi connectivity index (χ3n) is 3.13. The quantitative estimate of drug-likeness (QED) is 0.870. The van der Waals surface area contributed by atoms with Gasteiger partial charge in [-0.2, -0.15) is 0 Å². The fourth-order valence-electron chi connectivity index (χ4n) is 2.21. The van der Waals surface area contributed by atoms with Crippen molar-refractivity contribution in [3.63, 3.8) is 0 Å². The molecule has 0 bridgehead atoms. The van der Waals surface area contributed by atoms with Crippen molar-refractivity contribution in [3.8, 4) is 11.5 Å². The van der Waals surface area contributed by atoms with Gasteiger partial charge in [-0.3, -0.25) is 0 Å². The number of fused-ring (bicyclic) bond motifs is 1. The molecule has 1 aliphatic heterocycles. The van der Waals surface area contributed by atoms with E-state index in [1.807, 2.05) is 12.1 Å². The Balaban J connectivity index is 2.22. The van der Waals surface area contributed by atoms with Gasteiger partial charge in [-0.05, 0) is 31.9 Å². The molecule has 3 nitrogen and oxygen atoms in total. The summed E-state index contributed by atoms with van der Waals surface area (Å²) in [6, 6.07) is 6.53. The topological polar surface area (TPSA) is 30.5 Å². The first kappa shape index (κ1) is 12.2. The highest BCUT2D eigenvalue weighted by Crippen LogP contribution is 2.34. The Labute approximate surface area is 103 Å². The summed E-state index contributed by atoms with van der Waals surface area (Å²) in [5.41, 5.74) is 1.26. The molecule has 0 saturated heterocycles. The minimum absolute atomic E-state index is 0.415. The number of nitrogens with one attached hydrogen (secondary N) is 1. The third kappa shape index (κ3) is 2.91. The van der Waals surface area contributed by atoms with Crippen LogP contribution in [0.1, 0.15) is 37.8 Å². The molecule has 1 heterocycles. The van der Waals surface area contributed by atoms with Crippen molar-refractivity contribution in [2.75, 3.05) is 20.3 Å². The summed E-state index contributed by atoms with van der Waals surface area (Å²) >= 11 is 0. The molecular formula is C14H21NO2. The number of rotatable bonds is 4. The van der Waals surface area contributed by atoms with Crippen LogP contribution in [0.4, 0.5) is 0 Å². The van der Waals surface area contributed by atoms with Crippen molar-refractivity contribution >= 4 is 0 Å². The van der Waals surface area contributed by atoms with Gasteiger partial charge in [-0.15, -0.1) is 0 Å². The molecule has 1 N–H and O–H groups in total. The first-order valence-corrected chi connectivity index (χ1v) is 6.39. The highest BCUT2D eigenvalue weighted by atomic mass is 16.5. The Bertz CT molecular complexity index is 365. The Morgan fingerprint density at radius 3 is 3.12 bits per heavy atom. The van der Waals surface area contributed by atoms with E-state index >= 15 is 0 Å². The molecule has 3 heteroatoms. The van der Waals surface area contributed by atoms with Crippen LogP contribution in [0.2, 0.25) is 0 Å². The van der Waals surface area contributed by atoms with Crippen LogP contribution in [0.15, 0.2) is 18.2 Å². The highest BCUT2D eigenvalue weighted by molar-refractivity contribution is 5.43. The summed E-state index contributed by atoms with van der Waals surface area (Å²) in [7, 11) is 1.69. The minimum Gasteiger partial charge on any atom is -0.497 e. The normalized spacial score (nSPS) is 19.1. The fraction of sp³-hybridized carbons (Fsp3) is 0.571. The van der Waals surface area contributed by atoms with Crippen molar-refractivity contribution in [1.82, 2.24) is 5.32 Å². The van der Waals surface area contributed by atoms with Crippen molar-refractivity contribution in [1.29, 1.82) is 0 Å². The van der Waals surface area contributed by atoms with Gasteiger partial charge < -0.3 is 14.8 Å². The van der Waals surface area contributed by atoms with Crippen LogP contribution in [0.3, 0.4) is 0 Å². The molecule has 1 atom stereocenters. The van der Waals surface area contributed by atoms with E-state index in [9.17, 15) is 0 Å². The van der Waals surface area contributed by atoms with E-state index in [4.69, 9.17) is 9.47 Å². The molecule has 2 rings (SSSR count). The maximum Gasteiger partial charge on any atom is 0.127 e. The van der Waals surface area contributed by atoms with Crippen LogP contribution >= 0.6 is 0 Å². The standard InChI is InChI=1S/C14H21NO2/c1-3-8-15-13-5-4-9-17-14-10-11(16-2)6-7-12(13)14/h6-7,10,13,15H,3-5,8-9H2,1-2H3. The van der Waals surface area contributed by atoms with Crippen LogP contribution in [-0.2, 0) is 0 Å². The van der Waals surface area contributed by atoms with Gasteiger partial charge in [0.1, 0.15) is 11.5 Å². The Hall–Kier alpha value is -1.22. The maximum absolute atomic E-state index is 5.78. The van der Waals surface area contributed by atoms with E-state index in [1.54, 1.807) is 7.11 Å². The first-order valence-electron chi connectivity index (χ1n) is 6.39. The van der Waals surface area contributed by atoms with E-state index in [-0.39, 0.29) is 0 Å². The zero-order valence-corrected chi connectivity index (χ0v) is 10.7. The minimum atomic E-state index is 0.415. The van der Waals surface area contributed by atoms with Crippen LogP contribution in [0, 0.1) is 0 Å². The van der Waals surface area contributed by atoms with Crippen molar-refractivity contribution in [2.45, 2.75) is 32.2 Å². The Morgan fingerprint density at radius 2 is 2.35 bits per heavy atom. The van der Waals surface area contributed by atoms with Crippen molar-refractivity contribution in [2.24, 2.45) is 0 Å². The van der Waals surface area contributed by atoms with Gasteiger partial charge in [0.25, 0.3) is 0 Å². The van der Waals surface area contributed by atoms with Gasteiger partial charge in [-0.25, -0.2) is 0 Å². The van der Waals surface area contributed by atoms with Crippen molar-refractivity contribution in [3.05, 3.63) is 23.8 Å². The average Bonchev–Trinajstić information content (AvgIpc) is 2.57. The second-order valence-corrected chi connectivity index (χ2v) is 4.40. The van der Waals surface area contributed by atoms with Crippen LogP contribution in [-0.4, -0.2) is 20.3 Å². The zero-order chi connectivity index (χ0) is 12.1. The predicted octanol–water partition coefficient (Wildman–Crippen LogP) is 2.91. The molecule has 0 saturated carbocycles. The lowest BCUT2D eigenvalue weighted by atomic mass is 10.0. The van der Waals surface area contributed by atoms with Crippen molar-refractivity contribution < 1.29 is 9.47 Å². The van der Waals surface area contributed by atoms with Gasteiger partial charge in [-0.1, -0.05) is 13.0 Å². The molecule has 0 fully saturated rings. The molecule has 94 valence electrons. The molecule has 0 amide bonds. The monoisotopic (exact) mass is 235 g/mol. The number of ether oxygens (including phenoxy) is 2. The van der Waals surface area contributed by atoms with Gasteiger partial charge in [0.15, 0.2) is 0 Å². The van der Waals surface area contributed by atoms with E-state index < -0.39 is 0 Å². The molecule has 0 spiro atoms. The summed E-state index contributed by atoms with van der Waals surface area (Å²) in [4.78, 5) is 0. The Kier molecular flexibility index (Phi) is 4.26. The molecule has 1 unspecified atom stereocenters. The van der Waals surface area contributed by atoms with Crippen LogP contribution < -0.4 is 14.8 Å². The second-order valence-electron chi connectivity index (χ2n) is 4.40. The first-order chi connectivity index (χ1) is 8.35. The summed E-state index contributed by atoms with van der Waals surface area (Å²) in [6.45, 7) is 4.04. The molecule has 17 heavy (non-hydrogen) atoms. The number of hydrogen-bond acceptors (Lipinski definition) is 3. The summed E-state index contributed by atoms with van der Waals surface area (Å²) in [5.74, 6) is 1.83. The molecule has 0 aliphatic carbocycles. The van der Waals surface area contributed by atoms with Gasteiger partial charge in [0.05, 0.1) is 13.7 Å². The lowest BCUT2D eigenvalue weighted by Gasteiger charge is -2.18. The van der Waals surface area contributed by atoms with Crippen LogP contribution in [0.25, 0.3) is 0 Å². The van der Waals surface area contributed by atoms with Gasteiger partial charge >= 0.3 is 0 Å². The molecule has 1 aliphatic rings. The largest absolute Gasteiger partial charge is 0.497 e. The molecule has 0 radical (unpaired) electrons. The molecule has 1 aromatic carbocycles. The predicted molar refractivity (Wildman–Crippen MR) is 68.8 cm³/mol. The highest BCUT2D eigenvalue weighted by Gasteiger charge is 2.19. The molecular weight excluding hydrogens is 214 g/mol. The zero-order valence-electron chi connectivity index (χ0n) is 10.7. The van der Waals surface area contributed by atoms with Gasteiger partial charge in [0.2, 0.25) is 0 Å². The lowest BCUT2D eigenvalue weighted by molar-refractivity contribution is 0.313. The summed E-state index contributed by atoms with van der Waals surface area (Å²) < 4.78 is 11.0. The lowest BCUT2D eigenvalue weighted by Crippen LogP contribution is -2.21. The maximum atomic E-state index is 5.78. The second kappa shape index (κ2) is 5.92. The van der Waals surface area contributed by atoms with Gasteiger partial charge in [0, 0.05) is 17.7 Å². The third-order valence-corrected chi connectivity index (χ3v) is 3.13. The summed E-state index contributed by atoms with van der Waals surface area (Å²) in [5, 5.41) is 3.58. The fourth-order valence-corrected chi connectivity index (χ4v) is 2.21. The smallest absolute Gasteiger partial charge is 0.127 e. The average molecular weight is 235 g/mol. The Morgan fingerprint density at radius 1 is 1.47 bits per heavy atom. The van der Waals surface area contributed by atoms with E-state index in [1.165, 1.54) is 5.56 Å². The van der Waals surface area contributed by atoms with E-state index in [2.05, 4.69) is 18.3 Å². The number of benzene rings is 1. The molecule has 0 aromatic heterocycles. The summed E-state index contributed by atoms with van der Waals surface area (Å²) in [6.07, 6.45) is 3.39. The SMILES string of the molecule is CCCNC1CCCOc2cc(OC)ccc21. The van der Waals surface area contributed by atoms with E-state index in [0.717, 1.165) is 43.9 Å².